The van der Waals surface area contributed by atoms with Crippen LogP contribution in [0, 0.1) is 0 Å². The second-order valence-corrected chi connectivity index (χ2v) is 5.23. The highest BCUT2D eigenvalue weighted by Gasteiger charge is 2.07. The van der Waals surface area contributed by atoms with E-state index in [0.717, 1.165) is 0 Å². The second-order valence-electron chi connectivity index (χ2n) is 3.02. The van der Waals surface area contributed by atoms with Gasteiger partial charge in [-0.1, -0.05) is 11.6 Å². The molecule has 0 aliphatic rings. The zero-order valence-electron chi connectivity index (χ0n) is 8.16. The number of nitrogens with one attached hydrogen (secondary N) is 1. The molecule has 1 aromatic heterocycles. The van der Waals surface area contributed by atoms with Crippen molar-refractivity contribution in [2.24, 2.45) is 0 Å². The molecule has 78 valence electrons. The fraction of sp³-hybridized carbons (Fsp3) is 0.444. The molecular formula is C9H13ClN2OS. The van der Waals surface area contributed by atoms with Crippen molar-refractivity contribution in [2.45, 2.75) is 12.2 Å². The predicted molar refractivity (Wildman–Crippen MR) is 61.3 cm³/mol. The largest absolute Gasteiger partial charge is 0.368 e. The molecule has 0 amide bonds. The van der Waals surface area contributed by atoms with Gasteiger partial charge < -0.3 is 5.32 Å². The number of aromatic nitrogens is 1. The minimum Gasteiger partial charge on any atom is -0.368 e. The number of hydrogen-bond acceptors (Lipinski definition) is 3. The van der Waals surface area contributed by atoms with Crippen molar-refractivity contribution in [2.75, 3.05) is 18.1 Å². The minimum atomic E-state index is -0.824. The van der Waals surface area contributed by atoms with E-state index in [-0.39, 0.29) is 5.25 Å². The Balaban J connectivity index is 2.54. The number of rotatable bonds is 4. The lowest BCUT2D eigenvalue weighted by Gasteiger charge is -2.10. The van der Waals surface area contributed by atoms with E-state index in [9.17, 15) is 4.21 Å². The molecule has 5 heteroatoms. The standard InChI is InChI=1S/C9H13ClN2OS/c1-7(14(2)13)6-12-9-8(10)4-3-5-11-9/h3-5,7H,6H2,1-2H3,(H,11,12). The van der Waals surface area contributed by atoms with E-state index in [0.29, 0.717) is 17.4 Å². The monoisotopic (exact) mass is 232 g/mol. The average molecular weight is 233 g/mol. The van der Waals surface area contributed by atoms with Crippen molar-refractivity contribution < 1.29 is 4.21 Å². The van der Waals surface area contributed by atoms with Crippen LogP contribution in [-0.2, 0) is 10.8 Å². The van der Waals surface area contributed by atoms with Gasteiger partial charge in [0.05, 0.1) is 5.02 Å². The summed E-state index contributed by atoms with van der Waals surface area (Å²) in [5, 5.41) is 3.73. The molecule has 0 radical (unpaired) electrons. The first-order chi connectivity index (χ1) is 6.61. The first-order valence-corrected chi connectivity index (χ1v) is 6.28. The van der Waals surface area contributed by atoms with Crippen LogP contribution in [0.25, 0.3) is 0 Å². The molecule has 1 aromatic rings. The summed E-state index contributed by atoms with van der Waals surface area (Å²) in [7, 11) is -0.824. The van der Waals surface area contributed by atoms with E-state index >= 15 is 0 Å². The number of hydrogen-bond donors (Lipinski definition) is 1. The Morgan fingerprint density at radius 2 is 2.43 bits per heavy atom. The van der Waals surface area contributed by atoms with Crippen LogP contribution in [0.3, 0.4) is 0 Å². The van der Waals surface area contributed by atoms with E-state index in [1.807, 2.05) is 6.92 Å². The maximum absolute atomic E-state index is 11.1. The number of anilines is 1. The quantitative estimate of drug-likeness (QED) is 0.863. The minimum absolute atomic E-state index is 0.0908. The molecule has 0 bridgehead atoms. The highest BCUT2D eigenvalue weighted by molar-refractivity contribution is 7.84. The van der Waals surface area contributed by atoms with Crippen molar-refractivity contribution in [3.63, 3.8) is 0 Å². The van der Waals surface area contributed by atoms with Crippen molar-refractivity contribution in [1.82, 2.24) is 4.98 Å². The molecule has 1 rings (SSSR count). The zero-order chi connectivity index (χ0) is 10.6. The molecule has 0 spiro atoms. The Labute approximate surface area is 91.3 Å². The van der Waals surface area contributed by atoms with Crippen molar-refractivity contribution in [1.29, 1.82) is 0 Å². The van der Waals surface area contributed by atoms with Gasteiger partial charge in [-0.05, 0) is 19.1 Å². The average Bonchev–Trinajstić information content (AvgIpc) is 2.16. The van der Waals surface area contributed by atoms with Gasteiger partial charge in [-0.15, -0.1) is 0 Å². The van der Waals surface area contributed by atoms with Crippen LogP contribution in [0.1, 0.15) is 6.92 Å². The molecule has 3 nitrogen and oxygen atoms in total. The summed E-state index contributed by atoms with van der Waals surface area (Å²) < 4.78 is 11.1. The van der Waals surface area contributed by atoms with Gasteiger partial charge in [-0.2, -0.15) is 0 Å². The summed E-state index contributed by atoms with van der Waals surface area (Å²) in [5.41, 5.74) is 0. The highest BCUT2D eigenvalue weighted by Crippen LogP contribution is 2.17. The van der Waals surface area contributed by atoms with Crippen LogP contribution in [0.4, 0.5) is 5.82 Å². The lowest BCUT2D eigenvalue weighted by atomic mass is 10.4. The smallest absolute Gasteiger partial charge is 0.144 e. The fourth-order valence-corrected chi connectivity index (χ4v) is 1.38. The Bertz CT molecular complexity index is 332. The SMILES string of the molecule is CC(CNc1ncccc1Cl)S(C)=O. The molecule has 0 saturated carbocycles. The molecule has 2 atom stereocenters. The van der Waals surface area contributed by atoms with Gasteiger partial charge in [-0.3, -0.25) is 4.21 Å². The van der Waals surface area contributed by atoms with E-state index < -0.39 is 10.8 Å². The van der Waals surface area contributed by atoms with Gasteiger partial charge in [0.1, 0.15) is 5.82 Å². The van der Waals surface area contributed by atoms with Gasteiger partial charge >= 0.3 is 0 Å². The van der Waals surface area contributed by atoms with E-state index in [1.54, 1.807) is 24.6 Å². The van der Waals surface area contributed by atoms with E-state index in [2.05, 4.69) is 10.3 Å². The lowest BCUT2D eigenvalue weighted by molar-refractivity contribution is 0.679. The number of halogens is 1. The molecule has 0 fully saturated rings. The topological polar surface area (TPSA) is 42.0 Å². The van der Waals surface area contributed by atoms with Crippen molar-refractivity contribution in [3.8, 4) is 0 Å². The van der Waals surface area contributed by atoms with Crippen LogP contribution < -0.4 is 5.32 Å². The third-order valence-electron chi connectivity index (χ3n) is 1.88. The zero-order valence-corrected chi connectivity index (χ0v) is 9.73. The second kappa shape index (κ2) is 5.32. The molecule has 0 aliphatic heterocycles. The summed E-state index contributed by atoms with van der Waals surface area (Å²) in [6.45, 7) is 2.53. The van der Waals surface area contributed by atoms with Crippen molar-refractivity contribution >= 4 is 28.2 Å². The predicted octanol–water partition coefficient (Wildman–Crippen LogP) is 1.91. The van der Waals surface area contributed by atoms with Crippen LogP contribution in [0.15, 0.2) is 18.3 Å². The Kier molecular flexibility index (Phi) is 4.35. The maximum Gasteiger partial charge on any atom is 0.144 e. The van der Waals surface area contributed by atoms with Gasteiger partial charge in [0.25, 0.3) is 0 Å². The normalized spacial score (nSPS) is 14.8. The Morgan fingerprint density at radius 3 is 3.00 bits per heavy atom. The molecule has 2 unspecified atom stereocenters. The van der Waals surface area contributed by atoms with Crippen LogP contribution in [0.5, 0.6) is 0 Å². The Morgan fingerprint density at radius 1 is 1.71 bits per heavy atom. The molecule has 14 heavy (non-hydrogen) atoms. The molecule has 0 aromatic carbocycles. The molecular weight excluding hydrogens is 220 g/mol. The summed E-state index contributed by atoms with van der Waals surface area (Å²) in [5.74, 6) is 0.645. The first-order valence-electron chi connectivity index (χ1n) is 4.28. The van der Waals surface area contributed by atoms with Crippen molar-refractivity contribution in [3.05, 3.63) is 23.4 Å². The highest BCUT2D eigenvalue weighted by atomic mass is 35.5. The first kappa shape index (κ1) is 11.5. The number of nitrogens with zero attached hydrogens (tertiary/aromatic N) is 1. The van der Waals surface area contributed by atoms with Gasteiger partial charge in [0.15, 0.2) is 0 Å². The molecule has 0 saturated heterocycles. The van der Waals surface area contributed by atoms with Crippen LogP contribution >= 0.6 is 11.6 Å². The Hall–Kier alpha value is -0.610. The van der Waals surface area contributed by atoms with Crippen LogP contribution in [-0.4, -0.2) is 27.2 Å². The summed E-state index contributed by atoms with van der Waals surface area (Å²) in [6, 6.07) is 3.54. The molecule has 0 aliphatic carbocycles. The fourth-order valence-electron chi connectivity index (χ4n) is 0.874. The lowest BCUT2D eigenvalue weighted by Crippen LogP contribution is -2.21. The molecule has 1 heterocycles. The third kappa shape index (κ3) is 3.27. The summed E-state index contributed by atoms with van der Waals surface area (Å²) >= 11 is 5.89. The summed E-state index contributed by atoms with van der Waals surface area (Å²) in [6.07, 6.45) is 3.36. The summed E-state index contributed by atoms with van der Waals surface area (Å²) in [4.78, 5) is 4.07. The van der Waals surface area contributed by atoms with E-state index in [4.69, 9.17) is 11.6 Å². The van der Waals surface area contributed by atoms with E-state index in [1.165, 1.54) is 0 Å². The van der Waals surface area contributed by atoms with Crippen LogP contribution in [0.2, 0.25) is 5.02 Å². The maximum atomic E-state index is 11.1. The van der Waals surface area contributed by atoms with Gasteiger partial charge in [0, 0.05) is 35.0 Å². The van der Waals surface area contributed by atoms with Gasteiger partial charge in [-0.25, -0.2) is 4.98 Å². The third-order valence-corrected chi connectivity index (χ3v) is 3.49. The van der Waals surface area contributed by atoms with Gasteiger partial charge in [0.2, 0.25) is 0 Å². The molecule has 1 N–H and O–H groups in total. The number of pyridine rings is 1.